The largest absolute Gasteiger partial charge is 0.312 e. The van der Waals surface area contributed by atoms with Crippen molar-refractivity contribution in [2.24, 2.45) is 0 Å². The predicted molar refractivity (Wildman–Crippen MR) is 76.1 cm³/mol. The standard InChI is InChI=1S/C14H14Cl2N2/c15-13-2-1-12(14(16)9-13)10-18-8-5-11-3-6-17-7-4-11/h1-4,6-7,9,18H,5,8,10H2. The molecule has 0 atom stereocenters. The number of benzene rings is 1. The highest BCUT2D eigenvalue weighted by Gasteiger charge is 2.00. The van der Waals surface area contributed by atoms with E-state index in [0.717, 1.165) is 25.1 Å². The van der Waals surface area contributed by atoms with Gasteiger partial charge in [-0.05, 0) is 48.4 Å². The van der Waals surface area contributed by atoms with E-state index in [1.165, 1.54) is 5.56 Å². The lowest BCUT2D eigenvalue weighted by atomic mass is 10.2. The van der Waals surface area contributed by atoms with Crippen LogP contribution in [0.4, 0.5) is 0 Å². The molecule has 2 nitrogen and oxygen atoms in total. The summed E-state index contributed by atoms with van der Waals surface area (Å²) < 4.78 is 0. The Bertz CT molecular complexity index is 500. The Labute approximate surface area is 117 Å². The number of pyridine rings is 1. The molecular weight excluding hydrogens is 267 g/mol. The van der Waals surface area contributed by atoms with Gasteiger partial charge in [-0.1, -0.05) is 29.3 Å². The molecule has 0 radical (unpaired) electrons. The summed E-state index contributed by atoms with van der Waals surface area (Å²) in [4.78, 5) is 3.99. The van der Waals surface area contributed by atoms with Gasteiger partial charge in [-0.2, -0.15) is 0 Å². The maximum absolute atomic E-state index is 6.09. The quantitative estimate of drug-likeness (QED) is 0.845. The number of halogens is 2. The van der Waals surface area contributed by atoms with Gasteiger partial charge in [-0.3, -0.25) is 4.98 Å². The van der Waals surface area contributed by atoms with Gasteiger partial charge in [0.2, 0.25) is 0 Å². The Hall–Kier alpha value is -1.09. The molecule has 1 heterocycles. The SMILES string of the molecule is Clc1ccc(CNCCc2ccncc2)c(Cl)c1. The molecule has 1 aromatic heterocycles. The summed E-state index contributed by atoms with van der Waals surface area (Å²) >= 11 is 11.9. The van der Waals surface area contributed by atoms with Crippen LogP contribution in [0.2, 0.25) is 10.0 Å². The monoisotopic (exact) mass is 280 g/mol. The van der Waals surface area contributed by atoms with Gasteiger partial charge in [-0.25, -0.2) is 0 Å². The molecule has 0 saturated carbocycles. The minimum Gasteiger partial charge on any atom is -0.312 e. The summed E-state index contributed by atoms with van der Waals surface area (Å²) in [5, 5.41) is 4.74. The molecule has 0 saturated heterocycles. The Morgan fingerprint density at radius 2 is 1.83 bits per heavy atom. The molecule has 0 spiro atoms. The molecule has 4 heteroatoms. The van der Waals surface area contributed by atoms with Crippen molar-refractivity contribution in [3.8, 4) is 0 Å². The predicted octanol–water partition coefficient (Wildman–Crippen LogP) is 3.72. The Morgan fingerprint density at radius 1 is 1.06 bits per heavy atom. The first-order valence-corrected chi connectivity index (χ1v) is 6.55. The smallest absolute Gasteiger partial charge is 0.0465 e. The van der Waals surface area contributed by atoms with Gasteiger partial charge in [-0.15, -0.1) is 0 Å². The number of nitrogens with one attached hydrogen (secondary N) is 1. The number of aromatic nitrogens is 1. The normalized spacial score (nSPS) is 10.6. The zero-order chi connectivity index (χ0) is 12.8. The van der Waals surface area contributed by atoms with E-state index in [1.807, 2.05) is 36.7 Å². The van der Waals surface area contributed by atoms with Crippen LogP contribution in [0, 0.1) is 0 Å². The van der Waals surface area contributed by atoms with E-state index in [2.05, 4.69) is 10.3 Å². The summed E-state index contributed by atoms with van der Waals surface area (Å²) in [5.41, 5.74) is 2.34. The molecule has 2 rings (SSSR count). The molecule has 94 valence electrons. The summed E-state index contributed by atoms with van der Waals surface area (Å²) in [6, 6.07) is 9.62. The minimum atomic E-state index is 0.667. The molecule has 0 aliphatic rings. The van der Waals surface area contributed by atoms with Crippen molar-refractivity contribution in [2.75, 3.05) is 6.54 Å². The average Bonchev–Trinajstić information content (AvgIpc) is 2.38. The van der Waals surface area contributed by atoms with E-state index in [4.69, 9.17) is 23.2 Å². The molecule has 0 bridgehead atoms. The summed E-state index contributed by atoms with van der Waals surface area (Å²) in [7, 11) is 0. The van der Waals surface area contributed by atoms with Gasteiger partial charge in [0, 0.05) is 29.0 Å². The van der Waals surface area contributed by atoms with Crippen LogP contribution in [0.5, 0.6) is 0 Å². The first kappa shape index (κ1) is 13.3. The van der Waals surface area contributed by atoms with E-state index < -0.39 is 0 Å². The Balaban J connectivity index is 1.79. The Morgan fingerprint density at radius 3 is 2.56 bits per heavy atom. The van der Waals surface area contributed by atoms with E-state index in [-0.39, 0.29) is 0 Å². The van der Waals surface area contributed by atoms with Gasteiger partial charge in [0.1, 0.15) is 0 Å². The lowest BCUT2D eigenvalue weighted by Crippen LogP contribution is -2.16. The minimum absolute atomic E-state index is 0.667. The van der Waals surface area contributed by atoms with Crippen molar-refractivity contribution < 1.29 is 0 Å². The first-order valence-electron chi connectivity index (χ1n) is 5.79. The van der Waals surface area contributed by atoms with E-state index in [1.54, 1.807) is 6.07 Å². The summed E-state index contributed by atoms with van der Waals surface area (Å²) in [5.74, 6) is 0. The maximum Gasteiger partial charge on any atom is 0.0465 e. The molecule has 0 amide bonds. The molecule has 0 unspecified atom stereocenters. The Kier molecular flexibility index (Phi) is 5.00. The molecule has 18 heavy (non-hydrogen) atoms. The highest BCUT2D eigenvalue weighted by Crippen LogP contribution is 2.20. The lowest BCUT2D eigenvalue weighted by Gasteiger charge is -2.07. The van der Waals surface area contributed by atoms with Crippen molar-refractivity contribution in [1.29, 1.82) is 0 Å². The third-order valence-corrected chi connectivity index (χ3v) is 3.26. The van der Waals surface area contributed by atoms with Crippen LogP contribution in [-0.2, 0) is 13.0 Å². The van der Waals surface area contributed by atoms with E-state index in [0.29, 0.717) is 10.0 Å². The number of rotatable bonds is 5. The lowest BCUT2D eigenvalue weighted by molar-refractivity contribution is 0.687. The maximum atomic E-state index is 6.09. The second-order valence-electron chi connectivity index (χ2n) is 4.02. The van der Waals surface area contributed by atoms with Gasteiger partial charge in [0.05, 0.1) is 0 Å². The average molecular weight is 281 g/mol. The molecule has 0 fully saturated rings. The van der Waals surface area contributed by atoms with E-state index in [9.17, 15) is 0 Å². The van der Waals surface area contributed by atoms with Gasteiger partial charge in [0.15, 0.2) is 0 Å². The van der Waals surface area contributed by atoms with Gasteiger partial charge in [0.25, 0.3) is 0 Å². The van der Waals surface area contributed by atoms with Crippen molar-refractivity contribution in [2.45, 2.75) is 13.0 Å². The van der Waals surface area contributed by atoms with Crippen molar-refractivity contribution >= 4 is 23.2 Å². The van der Waals surface area contributed by atoms with Crippen LogP contribution in [0.3, 0.4) is 0 Å². The molecule has 2 aromatic rings. The van der Waals surface area contributed by atoms with Crippen LogP contribution in [0.25, 0.3) is 0 Å². The molecular formula is C14H14Cl2N2. The zero-order valence-corrected chi connectivity index (χ0v) is 11.4. The highest BCUT2D eigenvalue weighted by atomic mass is 35.5. The second kappa shape index (κ2) is 6.74. The third kappa shape index (κ3) is 3.98. The summed E-state index contributed by atoms with van der Waals surface area (Å²) in [6.07, 6.45) is 4.60. The highest BCUT2D eigenvalue weighted by molar-refractivity contribution is 6.35. The molecule has 1 N–H and O–H groups in total. The van der Waals surface area contributed by atoms with Gasteiger partial charge < -0.3 is 5.32 Å². The van der Waals surface area contributed by atoms with Crippen LogP contribution in [0.15, 0.2) is 42.7 Å². The number of nitrogens with zero attached hydrogens (tertiary/aromatic N) is 1. The zero-order valence-electron chi connectivity index (χ0n) is 9.87. The fourth-order valence-corrected chi connectivity index (χ4v) is 2.15. The topological polar surface area (TPSA) is 24.9 Å². The first-order chi connectivity index (χ1) is 8.75. The third-order valence-electron chi connectivity index (χ3n) is 2.67. The van der Waals surface area contributed by atoms with E-state index >= 15 is 0 Å². The van der Waals surface area contributed by atoms with Crippen LogP contribution in [-0.4, -0.2) is 11.5 Å². The number of hydrogen-bond donors (Lipinski definition) is 1. The van der Waals surface area contributed by atoms with Gasteiger partial charge >= 0.3 is 0 Å². The summed E-state index contributed by atoms with van der Waals surface area (Å²) in [6.45, 7) is 1.66. The van der Waals surface area contributed by atoms with Crippen molar-refractivity contribution in [3.63, 3.8) is 0 Å². The van der Waals surface area contributed by atoms with Crippen LogP contribution < -0.4 is 5.32 Å². The number of hydrogen-bond acceptors (Lipinski definition) is 2. The van der Waals surface area contributed by atoms with Crippen molar-refractivity contribution in [3.05, 3.63) is 63.9 Å². The molecule has 0 aliphatic heterocycles. The van der Waals surface area contributed by atoms with Crippen LogP contribution >= 0.6 is 23.2 Å². The fraction of sp³-hybridized carbons (Fsp3) is 0.214. The second-order valence-corrected chi connectivity index (χ2v) is 4.86. The molecule has 0 aliphatic carbocycles. The van der Waals surface area contributed by atoms with Crippen LogP contribution in [0.1, 0.15) is 11.1 Å². The fourth-order valence-electron chi connectivity index (χ4n) is 1.67. The molecule has 1 aromatic carbocycles. The van der Waals surface area contributed by atoms with Crippen molar-refractivity contribution in [1.82, 2.24) is 10.3 Å².